The zero-order chi connectivity index (χ0) is 54.8. The molecule has 0 radical (unpaired) electrons. The number of hydrogen-bond acceptors (Lipinski definition) is 14. The quantitative estimate of drug-likeness (QED) is 0.0794. The number of urea groups is 1. The summed E-state index contributed by atoms with van der Waals surface area (Å²) in [6.07, 6.45) is -1.00. The lowest BCUT2D eigenvalue weighted by Crippen LogP contribution is -2.57. The number of aromatic nitrogens is 3. The van der Waals surface area contributed by atoms with Gasteiger partial charge in [-0.2, -0.15) is 0 Å². The van der Waals surface area contributed by atoms with E-state index in [0.29, 0.717) is 59.8 Å². The van der Waals surface area contributed by atoms with E-state index in [1.165, 1.54) is 7.11 Å². The molecule has 0 unspecified atom stereocenters. The Hall–Kier alpha value is -8.89. The largest absolute Gasteiger partial charge is 0.491 e. The van der Waals surface area contributed by atoms with E-state index in [9.17, 15) is 9.90 Å². The summed E-state index contributed by atoms with van der Waals surface area (Å²) in [5, 5.41) is 24.8. The number of imide groups is 1. The molecule has 402 valence electrons. The number of nitrogens with zero attached hydrogens (tertiary/aromatic N) is 6. The van der Waals surface area contributed by atoms with E-state index in [2.05, 4.69) is 37.7 Å². The second kappa shape index (κ2) is 22.2. The van der Waals surface area contributed by atoms with Gasteiger partial charge in [-0.1, -0.05) is 122 Å². The van der Waals surface area contributed by atoms with Crippen molar-refractivity contribution in [2.24, 2.45) is 11.8 Å². The number of cyclic esters (lactones) is 1. The van der Waals surface area contributed by atoms with Gasteiger partial charge in [0.05, 0.1) is 56.1 Å². The van der Waals surface area contributed by atoms with Gasteiger partial charge in [0.2, 0.25) is 11.8 Å². The highest BCUT2D eigenvalue weighted by molar-refractivity contribution is 6.25. The fraction of sp³-hybridized carbons (Fsp3) is 0.295. The Bertz CT molecular complexity index is 3490. The van der Waals surface area contributed by atoms with Gasteiger partial charge in [0.25, 0.3) is 0 Å². The Morgan fingerprint density at radius 1 is 0.835 bits per heavy atom. The number of amides is 4. The smallest absolute Gasteiger partial charge is 0.329 e. The SMILES string of the molecule is COC(=O)[C@@H](NC(=O)N1C(=O)[C@@]2(c3cc(C#CCn4nnc5ccccc54)ccc31)[C@H](C(=O)Nc1ccc(N3CCOCC3)cc1)[C@H]1C(=O)O[C@H](c3ccccc3)[C@H](c3ccccc3)N1[C@@H]2c1ccccc1OCCO)C(C)C. The topological polar surface area (TPSA) is 207 Å². The molecule has 0 bridgehead atoms. The normalized spacial score (nSPS) is 21.9. The number of aliphatic hydroxyl groups is 1. The Morgan fingerprint density at radius 2 is 1.53 bits per heavy atom. The minimum Gasteiger partial charge on any atom is -0.491 e. The molecule has 4 aliphatic rings. The number of para-hydroxylation sites is 2. The average Bonchev–Trinajstić information content (AvgIpc) is 4.26. The highest BCUT2D eigenvalue weighted by Gasteiger charge is 2.76. The summed E-state index contributed by atoms with van der Waals surface area (Å²) in [6.45, 7) is 5.59. The maximum atomic E-state index is 17.0. The Morgan fingerprint density at radius 3 is 2.25 bits per heavy atom. The zero-order valence-corrected chi connectivity index (χ0v) is 43.7. The predicted octanol–water partition coefficient (Wildman–Crippen LogP) is 6.90. The van der Waals surface area contributed by atoms with Crippen molar-refractivity contribution in [1.29, 1.82) is 0 Å². The first-order chi connectivity index (χ1) is 38.5. The number of carbonyl (C=O) groups excluding carboxylic acids is 5. The first-order valence-electron chi connectivity index (χ1n) is 26.3. The summed E-state index contributed by atoms with van der Waals surface area (Å²) in [4.78, 5) is 82.8. The van der Waals surface area contributed by atoms with Crippen LogP contribution < -0.4 is 25.2 Å². The second-order valence-electron chi connectivity index (χ2n) is 20.1. The number of benzene rings is 6. The van der Waals surface area contributed by atoms with Gasteiger partial charge in [0.1, 0.15) is 48.0 Å². The fourth-order valence-corrected chi connectivity index (χ4v) is 11.8. The van der Waals surface area contributed by atoms with E-state index < -0.39 is 77.3 Å². The van der Waals surface area contributed by atoms with Gasteiger partial charge in [0.15, 0.2) is 0 Å². The van der Waals surface area contributed by atoms with E-state index in [-0.39, 0.29) is 36.8 Å². The molecule has 5 heterocycles. The van der Waals surface area contributed by atoms with Crippen LogP contribution >= 0.6 is 0 Å². The van der Waals surface area contributed by atoms with Crippen molar-refractivity contribution in [1.82, 2.24) is 25.2 Å². The van der Waals surface area contributed by atoms with Crippen LogP contribution in [0.25, 0.3) is 11.0 Å². The van der Waals surface area contributed by atoms with Crippen LogP contribution in [-0.2, 0) is 45.3 Å². The molecule has 6 aromatic carbocycles. The lowest BCUT2D eigenvalue weighted by molar-refractivity contribution is -0.178. The number of aliphatic hydroxyl groups excluding tert-OH is 1. The molecule has 0 saturated carbocycles. The second-order valence-corrected chi connectivity index (χ2v) is 20.1. The monoisotopic (exact) mass is 1060 g/mol. The van der Waals surface area contributed by atoms with Crippen molar-refractivity contribution in [3.63, 3.8) is 0 Å². The van der Waals surface area contributed by atoms with Gasteiger partial charge in [-0.3, -0.25) is 19.3 Å². The Kier molecular flexibility index (Phi) is 14.7. The predicted molar refractivity (Wildman–Crippen MR) is 293 cm³/mol. The molecule has 11 rings (SSSR count). The van der Waals surface area contributed by atoms with E-state index in [1.807, 2.05) is 102 Å². The van der Waals surface area contributed by atoms with Crippen LogP contribution in [0.4, 0.5) is 21.9 Å². The molecule has 1 spiro atoms. The van der Waals surface area contributed by atoms with E-state index >= 15 is 19.2 Å². The molecule has 7 atom stereocenters. The van der Waals surface area contributed by atoms with Gasteiger partial charge >= 0.3 is 18.0 Å². The summed E-state index contributed by atoms with van der Waals surface area (Å²) in [7, 11) is 1.21. The van der Waals surface area contributed by atoms with Crippen molar-refractivity contribution >= 4 is 57.9 Å². The van der Waals surface area contributed by atoms with Crippen molar-refractivity contribution in [2.45, 2.75) is 56.1 Å². The first kappa shape index (κ1) is 52.2. The number of carbonyl (C=O) groups is 5. The van der Waals surface area contributed by atoms with Crippen LogP contribution in [0.5, 0.6) is 5.75 Å². The standard InChI is InChI=1S/C61H58N8O10/c1-38(2)51(57(72)76-3)63-60(75)68-47-29-24-39(15-14-30-67-48-22-12-11-21-46(48)64-65-67)37-45(47)61(59(68)74)50(56(71)62-42-25-27-43(28-26-42)66-31-34-77-35-32-66)53-58(73)79-54(41-18-8-5-9-19-41)52(40-16-6-4-7-17-40)69(53)55(61)44-20-10-13-23-49(44)78-36-33-70/h4-13,16-29,37-38,50-55,70H,30-36H2,1-3H3,(H,62,71)(H,63,75)/t50-,51-,52-,53-,54+,55+,61-/m0/s1. The van der Waals surface area contributed by atoms with E-state index in [0.717, 1.165) is 16.1 Å². The fourth-order valence-electron chi connectivity index (χ4n) is 11.8. The molecule has 18 heteroatoms. The summed E-state index contributed by atoms with van der Waals surface area (Å²) < 4.78 is 25.5. The van der Waals surface area contributed by atoms with Crippen molar-refractivity contribution < 1.29 is 48.0 Å². The summed E-state index contributed by atoms with van der Waals surface area (Å²) >= 11 is 0. The first-order valence-corrected chi connectivity index (χ1v) is 26.3. The summed E-state index contributed by atoms with van der Waals surface area (Å²) in [6, 6.07) is 39.6. The van der Waals surface area contributed by atoms with Crippen molar-refractivity contribution in [3.05, 3.63) is 179 Å². The van der Waals surface area contributed by atoms with Gasteiger partial charge in [-0.25, -0.2) is 19.2 Å². The molecular weight excluding hydrogens is 1000 g/mol. The van der Waals surface area contributed by atoms with Crippen molar-refractivity contribution in [2.75, 3.05) is 61.7 Å². The van der Waals surface area contributed by atoms with Crippen LogP contribution in [0.1, 0.15) is 59.9 Å². The lowest BCUT2D eigenvalue weighted by Gasteiger charge is -2.46. The number of anilines is 3. The molecule has 18 nitrogen and oxygen atoms in total. The summed E-state index contributed by atoms with van der Waals surface area (Å²) in [5.74, 6) is 1.43. The number of ether oxygens (including phenoxy) is 4. The van der Waals surface area contributed by atoms with Crippen LogP contribution in [0.3, 0.4) is 0 Å². The van der Waals surface area contributed by atoms with Gasteiger partial charge in [-0.15, -0.1) is 5.10 Å². The molecule has 7 aromatic rings. The maximum absolute atomic E-state index is 17.0. The molecule has 1 aromatic heterocycles. The molecule has 3 fully saturated rings. The Labute approximate surface area is 456 Å². The highest BCUT2D eigenvalue weighted by atomic mass is 16.6. The van der Waals surface area contributed by atoms with Crippen LogP contribution in [-0.4, -0.2) is 113 Å². The molecule has 4 amide bonds. The number of nitrogens with one attached hydrogen (secondary N) is 2. The number of fused-ring (bicyclic) bond motifs is 4. The third kappa shape index (κ3) is 9.49. The molecule has 0 aliphatic carbocycles. The van der Waals surface area contributed by atoms with E-state index in [4.69, 9.17) is 18.9 Å². The number of hydrogen-bond donors (Lipinski definition) is 3. The molecule has 3 saturated heterocycles. The summed E-state index contributed by atoms with van der Waals surface area (Å²) in [5.41, 5.74) is 2.94. The minimum absolute atomic E-state index is 0.0817. The van der Waals surface area contributed by atoms with Gasteiger partial charge < -0.3 is 39.6 Å². The highest BCUT2D eigenvalue weighted by Crippen LogP contribution is 2.66. The molecule has 79 heavy (non-hydrogen) atoms. The number of esters is 2. The maximum Gasteiger partial charge on any atom is 0.329 e. The molecule has 4 aliphatic heterocycles. The number of methoxy groups -OCH3 is 1. The van der Waals surface area contributed by atoms with Crippen molar-refractivity contribution in [3.8, 4) is 17.6 Å². The van der Waals surface area contributed by atoms with Gasteiger partial charge in [-0.05, 0) is 83.3 Å². The van der Waals surface area contributed by atoms with E-state index in [1.54, 1.807) is 73.1 Å². The van der Waals surface area contributed by atoms with Crippen LogP contribution in [0, 0.1) is 23.7 Å². The average molecular weight is 1060 g/mol. The zero-order valence-electron chi connectivity index (χ0n) is 43.7. The third-order valence-corrected chi connectivity index (χ3v) is 15.3. The third-order valence-electron chi connectivity index (χ3n) is 15.3. The molecule has 3 N–H and O–H groups in total. The van der Waals surface area contributed by atoms with Crippen LogP contribution in [0.2, 0.25) is 0 Å². The molecular formula is C61H58N8O10. The van der Waals surface area contributed by atoms with Crippen LogP contribution in [0.15, 0.2) is 152 Å². The Balaban J connectivity index is 1.17. The lowest BCUT2D eigenvalue weighted by atomic mass is 9.65. The van der Waals surface area contributed by atoms with Gasteiger partial charge in [0, 0.05) is 35.6 Å². The minimum atomic E-state index is -2.22. The number of rotatable bonds is 13. The number of morpholine rings is 2.